The van der Waals surface area contributed by atoms with E-state index in [0.29, 0.717) is 22.8 Å². The van der Waals surface area contributed by atoms with E-state index < -0.39 is 0 Å². The molecular formula is C18H16ClN3OS. The van der Waals surface area contributed by atoms with Crippen LogP contribution in [0.25, 0.3) is 0 Å². The molecule has 0 fully saturated rings. The lowest BCUT2D eigenvalue weighted by Gasteiger charge is -2.07. The Morgan fingerprint density at radius 1 is 1.33 bits per heavy atom. The quantitative estimate of drug-likeness (QED) is 0.814. The summed E-state index contributed by atoms with van der Waals surface area (Å²) in [6.07, 6.45) is 3.44. The van der Waals surface area contributed by atoms with E-state index in [0.717, 1.165) is 35.7 Å². The lowest BCUT2D eigenvalue weighted by atomic mass is 10.2. The van der Waals surface area contributed by atoms with Crippen molar-refractivity contribution in [3.05, 3.63) is 52.2 Å². The molecule has 0 radical (unpaired) electrons. The average molecular weight is 358 g/mol. The van der Waals surface area contributed by atoms with Crippen LogP contribution in [0.2, 0.25) is 5.02 Å². The van der Waals surface area contributed by atoms with Gasteiger partial charge in [0.15, 0.2) is 0 Å². The van der Waals surface area contributed by atoms with E-state index >= 15 is 0 Å². The molecule has 3 rings (SSSR count). The number of carbonyl (C=O) groups excluding carboxylic acids is 1. The van der Waals surface area contributed by atoms with Crippen molar-refractivity contribution < 1.29 is 4.79 Å². The number of pyridine rings is 1. The minimum absolute atomic E-state index is 0.0653. The summed E-state index contributed by atoms with van der Waals surface area (Å²) in [7, 11) is 0. The van der Waals surface area contributed by atoms with Crippen molar-refractivity contribution in [1.29, 1.82) is 5.26 Å². The number of nitrogens with one attached hydrogen (secondary N) is 1. The van der Waals surface area contributed by atoms with Crippen LogP contribution in [0.1, 0.15) is 29.7 Å². The zero-order valence-electron chi connectivity index (χ0n) is 13.0. The number of fused-ring (bicyclic) bond motifs is 1. The lowest BCUT2D eigenvalue weighted by molar-refractivity contribution is -0.115. The highest BCUT2D eigenvalue weighted by Gasteiger charge is 2.16. The van der Waals surface area contributed by atoms with Crippen LogP contribution in [0.5, 0.6) is 0 Å². The summed E-state index contributed by atoms with van der Waals surface area (Å²) in [5.74, 6) is 0.518. The molecule has 1 aliphatic carbocycles. The van der Waals surface area contributed by atoms with Crippen molar-refractivity contribution in [3.63, 3.8) is 0 Å². The molecule has 0 saturated heterocycles. The van der Waals surface area contributed by atoms with Gasteiger partial charge in [0.25, 0.3) is 0 Å². The third-order valence-electron chi connectivity index (χ3n) is 3.83. The number of rotatable bonds is 5. The number of hydrogen-bond acceptors (Lipinski definition) is 4. The second-order valence-corrected chi connectivity index (χ2v) is 7.09. The number of aromatic nitrogens is 1. The van der Waals surface area contributed by atoms with E-state index in [9.17, 15) is 10.1 Å². The zero-order valence-corrected chi connectivity index (χ0v) is 14.6. The molecule has 0 bridgehead atoms. The van der Waals surface area contributed by atoms with E-state index in [-0.39, 0.29) is 5.91 Å². The van der Waals surface area contributed by atoms with Crippen molar-refractivity contribution in [2.75, 3.05) is 11.1 Å². The molecular weight excluding hydrogens is 342 g/mol. The molecule has 0 saturated carbocycles. The van der Waals surface area contributed by atoms with Crippen molar-refractivity contribution >= 4 is 35.0 Å². The summed E-state index contributed by atoms with van der Waals surface area (Å²) >= 11 is 7.28. The van der Waals surface area contributed by atoms with Gasteiger partial charge in [0.1, 0.15) is 11.1 Å². The van der Waals surface area contributed by atoms with Crippen LogP contribution >= 0.6 is 23.4 Å². The molecule has 122 valence electrons. The summed E-state index contributed by atoms with van der Waals surface area (Å²) in [6.45, 7) is 0. The number of anilines is 1. The normalized spacial score (nSPS) is 12.5. The van der Waals surface area contributed by atoms with E-state index in [2.05, 4.69) is 16.4 Å². The molecule has 0 aliphatic heterocycles. The van der Waals surface area contributed by atoms with E-state index in [4.69, 9.17) is 11.6 Å². The van der Waals surface area contributed by atoms with Gasteiger partial charge in [-0.25, -0.2) is 4.98 Å². The first-order chi connectivity index (χ1) is 11.7. The predicted octanol–water partition coefficient (Wildman–Crippen LogP) is 4.22. The number of benzene rings is 1. The van der Waals surface area contributed by atoms with Crippen LogP contribution in [0.15, 0.2) is 35.4 Å². The number of amides is 1. The van der Waals surface area contributed by atoms with Gasteiger partial charge in [-0.15, -0.1) is 11.8 Å². The van der Waals surface area contributed by atoms with Crippen molar-refractivity contribution in [2.45, 2.75) is 30.7 Å². The smallest absolute Gasteiger partial charge is 0.225 e. The number of aryl methyl sites for hydroxylation is 2. The third kappa shape index (κ3) is 4.08. The minimum atomic E-state index is -0.0653. The molecule has 4 nitrogen and oxygen atoms in total. The fourth-order valence-corrected chi connectivity index (χ4v) is 3.68. The molecule has 6 heteroatoms. The zero-order chi connectivity index (χ0) is 16.9. The van der Waals surface area contributed by atoms with Crippen molar-refractivity contribution in [3.8, 4) is 6.07 Å². The third-order valence-corrected chi connectivity index (χ3v) is 5.08. The van der Waals surface area contributed by atoms with Crippen LogP contribution in [0.4, 0.5) is 5.69 Å². The summed E-state index contributed by atoms with van der Waals surface area (Å²) in [5.41, 5.74) is 3.63. The topological polar surface area (TPSA) is 65.8 Å². The molecule has 1 aromatic heterocycles. The van der Waals surface area contributed by atoms with Gasteiger partial charge in [0, 0.05) is 28.6 Å². The van der Waals surface area contributed by atoms with Gasteiger partial charge in [-0.2, -0.15) is 5.26 Å². The van der Waals surface area contributed by atoms with Gasteiger partial charge in [-0.1, -0.05) is 11.6 Å². The standard InChI is InChI=1S/C18H16ClN3OS/c19-14-4-6-15(7-5-14)21-17(23)8-9-24-18-13(11-20)10-12-2-1-3-16(12)22-18/h4-7,10H,1-3,8-9H2,(H,21,23). The fraction of sp³-hybridized carbons (Fsp3) is 0.278. The molecule has 0 spiro atoms. The van der Waals surface area contributed by atoms with E-state index in [1.807, 2.05) is 6.07 Å². The first-order valence-corrected chi connectivity index (χ1v) is 9.13. The number of thioether (sulfide) groups is 1. The maximum Gasteiger partial charge on any atom is 0.225 e. The van der Waals surface area contributed by atoms with E-state index in [1.165, 1.54) is 17.3 Å². The number of halogens is 1. The monoisotopic (exact) mass is 357 g/mol. The van der Waals surface area contributed by atoms with Gasteiger partial charge in [0.2, 0.25) is 5.91 Å². The van der Waals surface area contributed by atoms with E-state index in [1.54, 1.807) is 24.3 Å². The van der Waals surface area contributed by atoms with Crippen molar-refractivity contribution in [1.82, 2.24) is 4.98 Å². The van der Waals surface area contributed by atoms with Gasteiger partial charge >= 0.3 is 0 Å². The Balaban J connectivity index is 1.55. The second kappa shape index (κ2) is 7.69. The van der Waals surface area contributed by atoms with Gasteiger partial charge in [-0.05, 0) is 55.2 Å². The van der Waals surface area contributed by atoms with Crippen LogP contribution in [0, 0.1) is 11.3 Å². The molecule has 1 aliphatic rings. The van der Waals surface area contributed by atoms with Gasteiger partial charge < -0.3 is 5.32 Å². The Morgan fingerprint density at radius 3 is 2.88 bits per heavy atom. The Kier molecular flexibility index (Phi) is 5.39. The first-order valence-electron chi connectivity index (χ1n) is 7.77. The summed E-state index contributed by atoms with van der Waals surface area (Å²) < 4.78 is 0. The SMILES string of the molecule is N#Cc1cc2c(nc1SCCC(=O)Nc1ccc(Cl)cc1)CCC2. The average Bonchev–Trinajstić information content (AvgIpc) is 3.03. The number of nitriles is 1. The summed E-state index contributed by atoms with van der Waals surface area (Å²) in [5, 5.41) is 13.5. The molecule has 24 heavy (non-hydrogen) atoms. The number of hydrogen-bond donors (Lipinski definition) is 1. The Morgan fingerprint density at radius 2 is 2.12 bits per heavy atom. The molecule has 0 atom stereocenters. The fourth-order valence-electron chi connectivity index (χ4n) is 2.64. The van der Waals surface area contributed by atoms with Gasteiger partial charge in [0.05, 0.1) is 5.56 Å². The molecule has 1 N–H and O–H groups in total. The van der Waals surface area contributed by atoms with Crippen molar-refractivity contribution in [2.24, 2.45) is 0 Å². The first kappa shape index (κ1) is 16.8. The number of carbonyl (C=O) groups is 1. The second-order valence-electron chi connectivity index (χ2n) is 5.57. The highest BCUT2D eigenvalue weighted by molar-refractivity contribution is 7.99. The highest BCUT2D eigenvalue weighted by atomic mass is 35.5. The van der Waals surface area contributed by atoms with Gasteiger partial charge in [-0.3, -0.25) is 4.79 Å². The Bertz CT molecular complexity index is 799. The van der Waals surface area contributed by atoms with Crippen LogP contribution in [-0.2, 0) is 17.6 Å². The maximum absolute atomic E-state index is 12.0. The molecule has 2 aromatic rings. The Hall–Kier alpha value is -2.03. The number of nitrogens with zero attached hydrogens (tertiary/aromatic N) is 2. The Labute approximate surface area is 150 Å². The highest BCUT2D eigenvalue weighted by Crippen LogP contribution is 2.28. The molecule has 0 unspecified atom stereocenters. The summed E-state index contributed by atoms with van der Waals surface area (Å²) in [6, 6.07) is 11.2. The summed E-state index contributed by atoms with van der Waals surface area (Å²) in [4.78, 5) is 16.6. The molecule has 1 heterocycles. The van der Waals surface area contributed by atoms with Crippen LogP contribution in [0.3, 0.4) is 0 Å². The lowest BCUT2D eigenvalue weighted by Crippen LogP contribution is -2.12. The van der Waals surface area contributed by atoms with Crippen LogP contribution < -0.4 is 5.32 Å². The largest absolute Gasteiger partial charge is 0.326 e. The molecule has 1 amide bonds. The molecule has 1 aromatic carbocycles. The minimum Gasteiger partial charge on any atom is -0.326 e. The predicted molar refractivity (Wildman–Crippen MR) is 96.4 cm³/mol. The maximum atomic E-state index is 12.0. The van der Waals surface area contributed by atoms with Crippen LogP contribution in [-0.4, -0.2) is 16.6 Å².